The van der Waals surface area contributed by atoms with Gasteiger partial charge in [-0.05, 0) is 31.7 Å². The number of nitrogens with zero attached hydrogens (tertiary/aromatic N) is 2. The molecule has 0 bridgehead atoms. The largest absolute Gasteiger partial charge is 0.369 e. The van der Waals surface area contributed by atoms with Gasteiger partial charge < -0.3 is 10.6 Å². The lowest BCUT2D eigenvalue weighted by atomic mass is 9.92. The predicted octanol–water partition coefficient (Wildman–Crippen LogP) is 1.09. The van der Waals surface area contributed by atoms with Gasteiger partial charge in [0.2, 0.25) is 21.8 Å². The second kappa shape index (κ2) is 8.57. The number of piperidine rings is 2. The van der Waals surface area contributed by atoms with Crippen molar-refractivity contribution in [3.8, 4) is 0 Å². The molecule has 2 aliphatic rings. The Labute approximate surface area is 164 Å². The first-order chi connectivity index (χ1) is 13.3. The van der Waals surface area contributed by atoms with Crippen molar-refractivity contribution in [3.63, 3.8) is 0 Å². The van der Waals surface area contributed by atoms with E-state index in [1.54, 1.807) is 11.0 Å². The van der Waals surface area contributed by atoms with Crippen LogP contribution in [0.3, 0.4) is 0 Å². The van der Waals surface area contributed by atoms with Gasteiger partial charge in [0.05, 0.1) is 5.75 Å². The van der Waals surface area contributed by atoms with Crippen molar-refractivity contribution in [1.29, 1.82) is 0 Å². The van der Waals surface area contributed by atoms with Crippen LogP contribution in [0.2, 0.25) is 0 Å². The Morgan fingerprint density at radius 1 is 1.00 bits per heavy atom. The first-order valence-electron chi connectivity index (χ1n) is 9.57. The van der Waals surface area contributed by atoms with Crippen molar-refractivity contribution in [1.82, 2.24) is 9.21 Å². The molecule has 2 fully saturated rings. The van der Waals surface area contributed by atoms with E-state index in [1.807, 2.05) is 0 Å². The van der Waals surface area contributed by atoms with Crippen molar-refractivity contribution in [2.75, 3.05) is 26.2 Å². The molecular formula is C19H26FN3O4S. The summed E-state index contributed by atoms with van der Waals surface area (Å²) in [6.07, 6.45) is 2.06. The Morgan fingerprint density at radius 2 is 1.57 bits per heavy atom. The van der Waals surface area contributed by atoms with Gasteiger partial charge in [-0.1, -0.05) is 18.2 Å². The van der Waals surface area contributed by atoms with Crippen LogP contribution in [0.15, 0.2) is 24.3 Å². The van der Waals surface area contributed by atoms with E-state index in [1.165, 1.54) is 22.5 Å². The lowest BCUT2D eigenvalue weighted by Gasteiger charge is -2.36. The number of hydrogen-bond acceptors (Lipinski definition) is 4. The molecule has 1 aromatic carbocycles. The maximum absolute atomic E-state index is 13.8. The second-order valence-corrected chi connectivity index (χ2v) is 9.49. The molecule has 0 radical (unpaired) electrons. The van der Waals surface area contributed by atoms with Crippen molar-refractivity contribution >= 4 is 21.8 Å². The molecule has 28 heavy (non-hydrogen) atoms. The number of rotatable bonds is 5. The van der Waals surface area contributed by atoms with Crippen molar-refractivity contribution in [3.05, 3.63) is 35.6 Å². The van der Waals surface area contributed by atoms with Gasteiger partial charge in [0.1, 0.15) is 5.82 Å². The number of amides is 2. The molecule has 0 spiro atoms. The highest BCUT2D eigenvalue weighted by molar-refractivity contribution is 7.88. The number of nitrogens with two attached hydrogens (primary N) is 1. The number of carbonyl (C=O) groups is 2. The summed E-state index contributed by atoms with van der Waals surface area (Å²) in [5.74, 6) is -1.59. The topological polar surface area (TPSA) is 101 Å². The van der Waals surface area contributed by atoms with E-state index in [0.717, 1.165) is 0 Å². The van der Waals surface area contributed by atoms with Crippen LogP contribution in [-0.2, 0) is 25.4 Å². The third kappa shape index (κ3) is 4.70. The minimum atomic E-state index is -3.63. The van der Waals surface area contributed by atoms with E-state index in [-0.39, 0.29) is 48.1 Å². The Kier molecular flexibility index (Phi) is 6.34. The zero-order chi connectivity index (χ0) is 20.3. The summed E-state index contributed by atoms with van der Waals surface area (Å²) in [5, 5.41) is 0. The normalized spacial score (nSPS) is 20.2. The van der Waals surface area contributed by atoms with Crippen LogP contribution in [0.25, 0.3) is 0 Å². The molecule has 2 N–H and O–H groups in total. The summed E-state index contributed by atoms with van der Waals surface area (Å²) in [7, 11) is -3.63. The van der Waals surface area contributed by atoms with Gasteiger partial charge in [0.25, 0.3) is 0 Å². The highest BCUT2D eigenvalue weighted by atomic mass is 32.2. The van der Waals surface area contributed by atoms with Crippen LogP contribution in [0.4, 0.5) is 4.39 Å². The lowest BCUT2D eigenvalue weighted by Crippen LogP contribution is -2.47. The van der Waals surface area contributed by atoms with Gasteiger partial charge in [-0.25, -0.2) is 17.1 Å². The van der Waals surface area contributed by atoms with Crippen molar-refractivity contribution in [2.45, 2.75) is 31.4 Å². The number of carbonyl (C=O) groups excluding carboxylic acids is 2. The number of likely N-dealkylation sites (tertiary alicyclic amines) is 1. The molecule has 0 atom stereocenters. The summed E-state index contributed by atoms with van der Waals surface area (Å²) >= 11 is 0. The molecule has 9 heteroatoms. The fourth-order valence-corrected chi connectivity index (χ4v) is 5.50. The third-order valence-electron chi connectivity index (χ3n) is 5.70. The smallest absolute Gasteiger partial charge is 0.225 e. The molecule has 2 amide bonds. The molecule has 7 nitrogen and oxygen atoms in total. The zero-order valence-electron chi connectivity index (χ0n) is 15.7. The highest BCUT2D eigenvalue weighted by Gasteiger charge is 2.35. The summed E-state index contributed by atoms with van der Waals surface area (Å²) in [6, 6.07) is 5.85. The number of halogens is 1. The predicted molar refractivity (Wildman–Crippen MR) is 102 cm³/mol. The lowest BCUT2D eigenvalue weighted by molar-refractivity contribution is -0.139. The molecule has 2 saturated heterocycles. The van der Waals surface area contributed by atoms with Gasteiger partial charge >= 0.3 is 0 Å². The van der Waals surface area contributed by atoms with Crippen molar-refractivity contribution in [2.24, 2.45) is 17.6 Å². The Bertz CT molecular complexity index is 829. The van der Waals surface area contributed by atoms with E-state index in [9.17, 15) is 22.4 Å². The fourth-order valence-electron chi connectivity index (χ4n) is 3.93. The molecule has 3 rings (SSSR count). The van der Waals surface area contributed by atoms with Crippen LogP contribution in [0.5, 0.6) is 0 Å². The minimum absolute atomic E-state index is 0.0223. The van der Waals surface area contributed by atoms with Gasteiger partial charge in [-0.15, -0.1) is 0 Å². The standard InChI is InChI=1S/C19H26FN3O4S/c20-17-4-2-1-3-16(17)13-28(26,27)23-11-7-15(8-12-23)19(25)22-9-5-14(6-10-22)18(21)24/h1-4,14-15H,5-13H2,(H2,21,24). The zero-order valence-corrected chi connectivity index (χ0v) is 16.5. The summed E-state index contributed by atoms with van der Waals surface area (Å²) < 4.78 is 40.3. The van der Waals surface area contributed by atoms with E-state index >= 15 is 0 Å². The van der Waals surface area contributed by atoms with Gasteiger partial charge in [-0.3, -0.25) is 9.59 Å². The Morgan fingerprint density at radius 3 is 2.14 bits per heavy atom. The van der Waals surface area contributed by atoms with Crippen LogP contribution >= 0.6 is 0 Å². The average molecular weight is 411 g/mol. The van der Waals surface area contributed by atoms with Crippen LogP contribution < -0.4 is 5.73 Å². The van der Waals surface area contributed by atoms with Crippen LogP contribution in [0, 0.1) is 17.7 Å². The van der Waals surface area contributed by atoms with E-state index in [2.05, 4.69) is 0 Å². The minimum Gasteiger partial charge on any atom is -0.369 e. The average Bonchev–Trinajstić information content (AvgIpc) is 2.69. The first kappa shape index (κ1) is 20.7. The second-order valence-electron chi connectivity index (χ2n) is 7.52. The Hall–Kier alpha value is -2.00. The van der Waals surface area contributed by atoms with E-state index in [0.29, 0.717) is 38.8 Å². The van der Waals surface area contributed by atoms with E-state index in [4.69, 9.17) is 5.73 Å². The molecule has 2 heterocycles. The number of benzene rings is 1. The summed E-state index contributed by atoms with van der Waals surface area (Å²) in [4.78, 5) is 25.7. The van der Waals surface area contributed by atoms with Crippen LogP contribution in [-0.4, -0.2) is 55.6 Å². The molecule has 154 valence electrons. The SMILES string of the molecule is NC(=O)C1CCN(C(=O)C2CCN(S(=O)(=O)Cc3ccccc3F)CC2)CC1. The molecule has 0 aliphatic carbocycles. The highest BCUT2D eigenvalue weighted by Crippen LogP contribution is 2.26. The fraction of sp³-hybridized carbons (Fsp3) is 0.579. The maximum Gasteiger partial charge on any atom is 0.225 e. The van der Waals surface area contributed by atoms with Crippen LogP contribution in [0.1, 0.15) is 31.2 Å². The molecule has 0 unspecified atom stereocenters. The van der Waals surface area contributed by atoms with Crippen molar-refractivity contribution < 1.29 is 22.4 Å². The van der Waals surface area contributed by atoms with Gasteiger partial charge in [0, 0.05) is 43.6 Å². The van der Waals surface area contributed by atoms with Gasteiger partial charge in [0.15, 0.2) is 0 Å². The van der Waals surface area contributed by atoms with E-state index < -0.39 is 15.8 Å². The molecule has 0 saturated carbocycles. The first-order valence-corrected chi connectivity index (χ1v) is 11.2. The summed E-state index contributed by atoms with van der Waals surface area (Å²) in [5.41, 5.74) is 5.47. The molecule has 1 aromatic rings. The number of hydrogen-bond donors (Lipinski definition) is 1. The maximum atomic E-state index is 13.8. The molecule has 0 aromatic heterocycles. The number of sulfonamides is 1. The van der Waals surface area contributed by atoms with Gasteiger partial charge in [-0.2, -0.15) is 0 Å². The molecular weight excluding hydrogens is 385 g/mol. The third-order valence-corrected chi connectivity index (χ3v) is 7.53. The summed E-state index contributed by atoms with van der Waals surface area (Å²) in [6.45, 7) is 1.53. The quantitative estimate of drug-likeness (QED) is 0.784. The monoisotopic (exact) mass is 411 g/mol. The number of primary amides is 1. The Balaban J connectivity index is 1.53. The molecule has 2 aliphatic heterocycles.